The molecule has 0 saturated heterocycles. The summed E-state index contributed by atoms with van der Waals surface area (Å²) in [7, 11) is 0. The van der Waals surface area contributed by atoms with Gasteiger partial charge in [-0.2, -0.15) is 0 Å². The Morgan fingerprint density at radius 2 is 2.12 bits per heavy atom. The Balaban J connectivity index is 2.65. The van der Waals surface area contributed by atoms with Gasteiger partial charge in [0.25, 0.3) is 0 Å². The number of fused-ring (bicyclic) bond motifs is 3. The molecule has 0 aliphatic heterocycles. The lowest BCUT2D eigenvalue weighted by atomic mass is 10.2. The topological polar surface area (TPSA) is 56.0 Å². The molecule has 0 radical (unpaired) electrons. The van der Waals surface area contributed by atoms with Crippen molar-refractivity contribution in [3.8, 4) is 0 Å². The summed E-state index contributed by atoms with van der Waals surface area (Å²) < 4.78 is 5.06. The Kier molecular flexibility index (Phi) is 1.91. The Morgan fingerprint density at radius 3 is 3.00 bits per heavy atom. The summed E-state index contributed by atoms with van der Waals surface area (Å²) in [6.45, 7) is 0. The van der Waals surface area contributed by atoms with E-state index in [-0.39, 0.29) is 5.71 Å². The molecular formula is C11H5ClN2O2. The first-order valence-corrected chi connectivity index (χ1v) is 4.96. The molecule has 3 rings (SSSR count). The molecule has 0 bridgehead atoms. The first kappa shape index (κ1) is 9.30. The van der Waals surface area contributed by atoms with Crippen molar-refractivity contribution in [2.75, 3.05) is 0 Å². The van der Waals surface area contributed by atoms with Gasteiger partial charge in [0.2, 0.25) is 5.71 Å². The van der Waals surface area contributed by atoms with Crippen molar-refractivity contribution >= 4 is 33.6 Å². The Labute approximate surface area is 94.5 Å². The minimum Gasteiger partial charge on any atom is -0.403 e. The molecule has 0 saturated carbocycles. The molecule has 3 aromatic heterocycles. The largest absolute Gasteiger partial charge is 0.403 e. The minimum absolute atomic E-state index is 0.287. The maximum atomic E-state index is 11.6. The van der Waals surface area contributed by atoms with Gasteiger partial charge in [-0.05, 0) is 18.2 Å². The standard InChI is InChI=1S/C11H5ClN2O2/c12-6-4-8-9(14-5-6)7-2-1-3-13-10(7)16-11(8)15/h1-5H. The third-order valence-corrected chi connectivity index (χ3v) is 2.50. The summed E-state index contributed by atoms with van der Waals surface area (Å²) in [4.78, 5) is 19.8. The van der Waals surface area contributed by atoms with Crippen molar-refractivity contribution in [3.05, 3.63) is 46.0 Å². The summed E-state index contributed by atoms with van der Waals surface area (Å²) in [5.74, 6) is 0. The average molecular weight is 233 g/mol. The lowest BCUT2D eigenvalue weighted by molar-refractivity contribution is 0.557. The number of rotatable bonds is 0. The van der Waals surface area contributed by atoms with E-state index < -0.39 is 5.63 Å². The second-order valence-corrected chi connectivity index (χ2v) is 3.73. The zero-order chi connectivity index (χ0) is 11.1. The molecule has 0 N–H and O–H groups in total. The van der Waals surface area contributed by atoms with Crippen molar-refractivity contribution in [1.82, 2.24) is 9.97 Å². The highest BCUT2D eigenvalue weighted by molar-refractivity contribution is 6.31. The molecule has 0 unspecified atom stereocenters. The van der Waals surface area contributed by atoms with Crippen LogP contribution in [0.3, 0.4) is 0 Å². The molecule has 5 heteroatoms. The number of pyridine rings is 2. The molecule has 0 fully saturated rings. The quantitative estimate of drug-likeness (QED) is 0.559. The molecular weight excluding hydrogens is 228 g/mol. The van der Waals surface area contributed by atoms with E-state index in [9.17, 15) is 4.79 Å². The highest BCUT2D eigenvalue weighted by atomic mass is 35.5. The van der Waals surface area contributed by atoms with Crippen LogP contribution in [0, 0.1) is 0 Å². The average Bonchev–Trinajstić information content (AvgIpc) is 2.29. The fourth-order valence-electron chi connectivity index (χ4n) is 1.60. The molecule has 3 heterocycles. The molecule has 0 atom stereocenters. The maximum absolute atomic E-state index is 11.6. The smallest absolute Gasteiger partial charge is 0.347 e. The zero-order valence-corrected chi connectivity index (χ0v) is 8.73. The van der Waals surface area contributed by atoms with Crippen LogP contribution in [0.5, 0.6) is 0 Å². The van der Waals surface area contributed by atoms with Crippen molar-refractivity contribution < 1.29 is 4.42 Å². The Hall–Kier alpha value is -1.94. The molecule has 4 nitrogen and oxygen atoms in total. The second-order valence-electron chi connectivity index (χ2n) is 3.30. The van der Waals surface area contributed by atoms with Crippen LogP contribution in [-0.2, 0) is 0 Å². The second kappa shape index (κ2) is 3.28. The van der Waals surface area contributed by atoms with Crippen molar-refractivity contribution in [2.24, 2.45) is 0 Å². The van der Waals surface area contributed by atoms with Gasteiger partial charge in [0, 0.05) is 12.4 Å². The lowest BCUT2D eigenvalue weighted by Crippen LogP contribution is -2.01. The fraction of sp³-hybridized carbons (Fsp3) is 0. The van der Waals surface area contributed by atoms with Crippen LogP contribution in [0.2, 0.25) is 5.02 Å². The maximum Gasteiger partial charge on any atom is 0.347 e. The van der Waals surface area contributed by atoms with E-state index in [4.69, 9.17) is 16.0 Å². The van der Waals surface area contributed by atoms with Gasteiger partial charge in [-0.25, -0.2) is 9.78 Å². The summed E-state index contributed by atoms with van der Waals surface area (Å²) in [6, 6.07) is 5.11. The fourth-order valence-corrected chi connectivity index (χ4v) is 1.76. The van der Waals surface area contributed by atoms with E-state index in [0.717, 1.165) is 0 Å². The number of halogens is 1. The summed E-state index contributed by atoms with van der Waals surface area (Å²) in [5, 5.41) is 1.48. The van der Waals surface area contributed by atoms with E-state index in [1.54, 1.807) is 24.4 Å². The van der Waals surface area contributed by atoms with Gasteiger partial charge >= 0.3 is 5.63 Å². The van der Waals surface area contributed by atoms with Gasteiger partial charge in [0.15, 0.2) is 0 Å². The first-order valence-electron chi connectivity index (χ1n) is 4.59. The summed E-state index contributed by atoms with van der Waals surface area (Å²) >= 11 is 5.78. The highest BCUT2D eigenvalue weighted by Crippen LogP contribution is 2.20. The van der Waals surface area contributed by atoms with E-state index in [2.05, 4.69) is 9.97 Å². The van der Waals surface area contributed by atoms with E-state index in [1.807, 2.05) is 0 Å². The van der Waals surface area contributed by atoms with E-state index in [1.165, 1.54) is 6.20 Å². The predicted molar refractivity (Wildman–Crippen MR) is 60.6 cm³/mol. The zero-order valence-electron chi connectivity index (χ0n) is 7.98. The van der Waals surface area contributed by atoms with Gasteiger partial charge in [0.05, 0.1) is 21.3 Å². The van der Waals surface area contributed by atoms with Gasteiger partial charge in [-0.1, -0.05) is 11.6 Å². The summed E-state index contributed by atoms with van der Waals surface area (Å²) in [6.07, 6.45) is 3.06. The Morgan fingerprint density at radius 1 is 1.25 bits per heavy atom. The number of aromatic nitrogens is 2. The van der Waals surface area contributed by atoms with Gasteiger partial charge in [0.1, 0.15) is 0 Å². The molecule has 0 amide bonds. The summed E-state index contributed by atoms with van der Waals surface area (Å²) in [5.41, 5.74) is 0.370. The first-order chi connectivity index (χ1) is 7.75. The van der Waals surface area contributed by atoms with E-state index >= 15 is 0 Å². The Bertz CT molecular complexity index is 752. The van der Waals surface area contributed by atoms with Crippen LogP contribution in [0.1, 0.15) is 0 Å². The van der Waals surface area contributed by atoms with Crippen LogP contribution in [-0.4, -0.2) is 9.97 Å². The highest BCUT2D eigenvalue weighted by Gasteiger charge is 2.08. The van der Waals surface area contributed by atoms with Gasteiger partial charge in [-0.15, -0.1) is 0 Å². The van der Waals surface area contributed by atoms with E-state index in [0.29, 0.717) is 21.3 Å². The number of nitrogens with zero attached hydrogens (tertiary/aromatic N) is 2. The SMILES string of the molecule is O=c1oc2ncccc2c2ncc(Cl)cc12. The third-order valence-electron chi connectivity index (χ3n) is 2.29. The van der Waals surface area contributed by atoms with Crippen LogP contribution in [0.15, 0.2) is 39.8 Å². The van der Waals surface area contributed by atoms with Crippen LogP contribution in [0.25, 0.3) is 22.0 Å². The van der Waals surface area contributed by atoms with Crippen molar-refractivity contribution in [1.29, 1.82) is 0 Å². The third kappa shape index (κ3) is 1.27. The molecule has 16 heavy (non-hydrogen) atoms. The minimum atomic E-state index is -0.476. The number of hydrogen-bond acceptors (Lipinski definition) is 4. The van der Waals surface area contributed by atoms with Crippen molar-refractivity contribution in [3.63, 3.8) is 0 Å². The molecule has 0 spiro atoms. The lowest BCUT2D eigenvalue weighted by Gasteiger charge is -2.00. The van der Waals surface area contributed by atoms with Crippen LogP contribution < -0.4 is 5.63 Å². The predicted octanol–water partition coefficient (Wildman–Crippen LogP) is 2.39. The molecule has 3 aromatic rings. The monoisotopic (exact) mass is 232 g/mol. The normalized spacial score (nSPS) is 11.1. The van der Waals surface area contributed by atoms with Gasteiger partial charge in [-0.3, -0.25) is 4.98 Å². The molecule has 78 valence electrons. The molecule has 0 aliphatic rings. The van der Waals surface area contributed by atoms with Gasteiger partial charge < -0.3 is 4.42 Å². The van der Waals surface area contributed by atoms with Crippen molar-refractivity contribution in [2.45, 2.75) is 0 Å². The molecule has 0 aromatic carbocycles. The van der Waals surface area contributed by atoms with Crippen LogP contribution >= 0.6 is 11.6 Å². The van der Waals surface area contributed by atoms with Crippen LogP contribution in [0.4, 0.5) is 0 Å². The molecule has 0 aliphatic carbocycles. The number of hydrogen-bond donors (Lipinski definition) is 0.